The number of allylic oxidation sites excluding steroid dienone is 11. The van der Waals surface area contributed by atoms with Crippen molar-refractivity contribution in [2.45, 2.75) is 302 Å². The van der Waals surface area contributed by atoms with Gasteiger partial charge >= 0.3 is 0 Å². The molecule has 1 amide bonds. The number of aliphatic hydroxyl groups excluding tert-OH is 1. The van der Waals surface area contributed by atoms with E-state index in [2.05, 4.69) is 79.9 Å². The Bertz CT molecular complexity index is 1450. The van der Waals surface area contributed by atoms with E-state index in [0.717, 1.165) is 64.2 Å². The van der Waals surface area contributed by atoms with Crippen molar-refractivity contribution in [2.24, 2.45) is 0 Å². The minimum absolute atomic E-state index is 0.00617. The number of hydrogen-bond donors (Lipinski definition) is 2. The maximum atomic E-state index is 13.0. The third-order valence-corrected chi connectivity index (χ3v) is 15.1. The fraction of sp³-hybridized carbons (Fsp3) is 0.803. The molecule has 0 aliphatic carbocycles. The lowest BCUT2D eigenvalue weighted by Gasteiger charge is -2.29. The highest BCUT2D eigenvalue weighted by Crippen LogP contribution is 2.38. The number of nitrogens with zero attached hydrogens (tertiary/aromatic N) is 1. The highest BCUT2D eigenvalue weighted by atomic mass is 31.2. The van der Waals surface area contributed by atoms with Crippen molar-refractivity contribution in [1.29, 1.82) is 0 Å². The molecule has 0 heterocycles. The van der Waals surface area contributed by atoms with Gasteiger partial charge in [-0.15, -0.1) is 0 Å². The number of phosphoric acid groups is 1. The average molecular weight is 1070 g/mol. The van der Waals surface area contributed by atoms with Crippen LogP contribution in [0.5, 0.6) is 0 Å². The number of aliphatic hydroxyl groups is 1. The second kappa shape index (κ2) is 56.7. The predicted octanol–water partition coefficient (Wildman–Crippen LogP) is 19.2. The fourth-order valence-corrected chi connectivity index (χ4v) is 9.94. The summed E-state index contributed by atoms with van der Waals surface area (Å²) in [5.41, 5.74) is 0. The maximum Gasteiger partial charge on any atom is 0.268 e. The molecular weight excluding hydrogens is 948 g/mol. The van der Waals surface area contributed by atoms with E-state index in [1.807, 2.05) is 27.2 Å². The van der Waals surface area contributed by atoms with Crippen LogP contribution in [-0.4, -0.2) is 68.5 Å². The molecule has 0 aromatic heterocycles. The first-order valence-electron chi connectivity index (χ1n) is 31.8. The van der Waals surface area contributed by atoms with Crippen molar-refractivity contribution >= 4 is 13.7 Å². The van der Waals surface area contributed by atoms with E-state index >= 15 is 0 Å². The molecule has 3 atom stereocenters. The first-order chi connectivity index (χ1) is 36.5. The zero-order valence-corrected chi connectivity index (χ0v) is 50.9. The molecule has 0 radical (unpaired) electrons. The van der Waals surface area contributed by atoms with Crippen LogP contribution >= 0.6 is 7.82 Å². The van der Waals surface area contributed by atoms with Gasteiger partial charge in [0.05, 0.1) is 39.9 Å². The molecule has 75 heavy (non-hydrogen) atoms. The lowest BCUT2D eigenvalue weighted by atomic mass is 10.0. The minimum Gasteiger partial charge on any atom is -0.756 e. The topological polar surface area (TPSA) is 108 Å². The van der Waals surface area contributed by atoms with E-state index in [1.54, 1.807) is 6.08 Å². The second-order valence-electron chi connectivity index (χ2n) is 22.7. The van der Waals surface area contributed by atoms with E-state index in [4.69, 9.17) is 9.05 Å². The third kappa shape index (κ3) is 59.4. The molecule has 0 fully saturated rings. The van der Waals surface area contributed by atoms with Crippen molar-refractivity contribution in [3.8, 4) is 0 Å². The Labute approximate surface area is 465 Å². The van der Waals surface area contributed by atoms with E-state index < -0.39 is 26.6 Å². The summed E-state index contributed by atoms with van der Waals surface area (Å²) in [7, 11) is 1.25. The number of nitrogens with one attached hydrogen (secondary N) is 1. The summed E-state index contributed by atoms with van der Waals surface area (Å²) in [5.74, 6) is -0.204. The van der Waals surface area contributed by atoms with E-state index in [-0.39, 0.29) is 12.5 Å². The number of quaternary nitrogens is 1. The molecule has 0 saturated heterocycles. The molecule has 9 heteroatoms. The standard InChI is InChI=1S/C66H123N2O6P/c1-6-8-10-12-14-16-18-20-22-23-24-25-26-27-28-29-30-31-32-33-34-35-36-37-38-39-40-41-42-43-44-45-46-48-50-52-54-56-58-60-66(70)67-64(63-74-75(71,72)73-62-61-68(3,4)5)65(69)59-57-55-53-51-49-47-21-19-17-15-13-11-9-7-2/h8,10,14,16,20,22,24-25,49,51,57,59,64-65,69H,6-7,9,11-13,15,17-19,21,23,26-48,50,52-56,58,60-63H2,1-5H3,(H-,67,70,71,72)/b10-8-,16-14-,22-20-,25-24-,51-49+,59-57+. The van der Waals surface area contributed by atoms with Gasteiger partial charge in [-0.3, -0.25) is 9.36 Å². The Morgan fingerprint density at radius 3 is 1.24 bits per heavy atom. The minimum atomic E-state index is -4.60. The van der Waals surface area contributed by atoms with Crippen LogP contribution in [0.25, 0.3) is 0 Å². The summed E-state index contributed by atoms with van der Waals surface area (Å²) in [6.45, 7) is 4.53. The highest BCUT2D eigenvalue weighted by Gasteiger charge is 2.23. The molecule has 0 aromatic rings. The van der Waals surface area contributed by atoms with Crippen LogP contribution in [-0.2, 0) is 18.4 Å². The van der Waals surface area contributed by atoms with Crippen LogP contribution < -0.4 is 10.2 Å². The number of phosphoric ester groups is 1. The van der Waals surface area contributed by atoms with Gasteiger partial charge in [-0.2, -0.15) is 0 Å². The van der Waals surface area contributed by atoms with Gasteiger partial charge in [0.25, 0.3) is 7.82 Å². The van der Waals surface area contributed by atoms with Crippen LogP contribution in [0, 0.1) is 0 Å². The van der Waals surface area contributed by atoms with E-state index in [9.17, 15) is 19.4 Å². The van der Waals surface area contributed by atoms with Crippen LogP contribution in [0.1, 0.15) is 290 Å². The molecule has 2 N–H and O–H groups in total. The Morgan fingerprint density at radius 1 is 0.480 bits per heavy atom. The second-order valence-corrected chi connectivity index (χ2v) is 24.1. The average Bonchev–Trinajstić information content (AvgIpc) is 3.37. The van der Waals surface area contributed by atoms with Gasteiger partial charge in [0.15, 0.2) is 0 Å². The number of carbonyl (C=O) groups excluding carboxylic acids is 1. The van der Waals surface area contributed by atoms with E-state index in [1.165, 1.54) is 205 Å². The smallest absolute Gasteiger partial charge is 0.268 e. The number of unbranched alkanes of at least 4 members (excludes halogenated alkanes) is 35. The first kappa shape index (κ1) is 72.9. The SMILES string of the molecule is CC/C=C\C/C=C\C/C=C\C/C=C\CCCCCCCCCCCCCCCCCCCCCCCCCCCCC(=O)NC(COP(=O)([O-])OCC[N+](C)(C)C)C(O)/C=C/CC/C=C/CCCCCCCCCC. The summed E-state index contributed by atoms with van der Waals surface area (Å²) < 4.78 is 23.3. The molecular formula is C66H123N2O6P. The molecule has 0 rings (SSSR count). The molecule has 0 aromatic carbocycles. The molecule has 8 nitrogen and oxygen atoms in total. The van der Waals surface area contributed by atoms with Gasteiger partial charge in [0.2, 0.25) is 5.91 Å². The lowest BCUT2D eigenvalue weighted by Crippen LogP contribution is -2.45. The molecule has 0 saturated carbocycles. The van der Waals surface area contributed by atoms with Gasteiger partial charge in [-0.25, -0.2) is 0 Å². The number of amides is 1. The summed E-state index contributed by atoms with van der Waals surface area (Å²) in [4.78, 5) is 25.5. The van der Waals surface area contributed by atoms with Crippen molar-refractivity contribution in [2.75, 3.05) is 40.9 Å². The summed E-state index contributed by atoms with van der Waals surface area (Å²) in [6.07, 6.45) is 78.8. The molecule has 0 bridgehead atoms. The van der Waals surface area contributed by atoms with Gasteiger partial charge in [0, 0.05) is 6.42 Å². The molecule has 3 unspecified atom stereocenters. The zero-order valence-electron chi connectivity index (χ0n) is 50.0. The molecule has 0 aliphatic rings. The van der Waals surface area contributed by atoms with Crippen molar-refractivity contribution in [3.05, 3.63) is 72.9 Å². The van der Waals surface area contributed by atoms with Crippen molar-refractivity contribution in [1.82, 2.24) is 5.32 Å². The summed E-state index contributed by atoms with van der Waals surface area (Å²) in [6, 6.07) is -0.903. The van der Waals surface area contributed by atoms with Crippen LogP contribution in [0.3, 0.4) is 0 Å². The Balaban J connectivity index is 3.91. The first-order valence-corrected chi connectivity index (χ1v) is 33.3. The van der Waals surface area contributed by atoms with Gasteiger partial charge in [0.1, 0.15) is 13.2 Å². The predicted molar refractivity (Wildman–Crippen MR) is 325 cm³/mol. The number of carbonyl (C=O) groups is 1. The highest BCUT2D eigenvalue weighted by molar-refractivity contribution is 7.45. The van der Waals surface area contributed by atoms with Crippen molar-refractivity contribution < 1.29 is 32.9 Å². The van der Waals surface area contributed by atoms with Gasteiger partial charge < -0.3 is 28.8 Å². The van der Waals surface area contributed by atoms with Gasteiger partial charge in [-0.05, 0) is 70.6 Å². The lowest BCUT2D eigenvalue weighted by molar-refractivity contribution is -0.870. The molecule has 0 spiro atoms. The zero-order chi connectivity index (χ0) is 54.9. The summed E-state index contributed by atoms with van der Waals surface area (Å²) >= 11 is 0. The largest absolute Gasteiger partial charge is 0.756 e. The fourth-order valence-electron chi connectivity index (χ4n) is 9.22. The number of rotatable bonds is 58. The third-order valence-electron chi connectivity index (χ3n) is 14.2. The Hall–Kier alpha value is -2.06. The summed E-state index contributed by atoms with van der Waals surface area (Å²) in [5, 5.41) is 13.8. The monoisotopic (exact) mass is 1070 g/mol. The maximum absolute atomic E-state index is 13.0. The quantitative estimate of drug-likeness (QED) is 0.0272. The molecule has 438 valence electrons. The van der Waals surface area contributed by atoms with Crippen LogP contribution in [0.15, 0.2) is 72.9 Å². The van der Waals surface area contributed by atoms with Crippen molar-refractivity contribution in [3.63, 3.8) is 0 Å². The van der Waals surface area contributed by atoms with Gasteiger partial charge in [-0.1, -0.05) is 286 Å². The Morgan fingerprint density at radius 2 is 0.827 bits per heavy atom. The normalized spacial score (nSPS) is 14.3. The van der Waals surface area contributed by atoms with Crippen LogP contribution in [0.2, 0.25) is 0 Å². The van der Waals surface area contributed by atoms with E-state index in [0.29, 0.717) is 17.4 Å². The number of likely N-dealkylation sites (N-methyl/N-ethyl adjacent to an activating group) is 1. The number of hydrogen-bond acceptors (Lipinski definition) is 6. The van der Waals surface area contributed by atoms with Crippen LogP contribution in [0.4, 0.5) is 0 Å². The molecule has 0 aliphatic heterocycles. The Kier molecular flexibility index (Phi) is 55.1.